The highest BCUT2D eigenvalue weighted by molar-refractivity contribution is 7.00. The molecule has 248 valence electrons. The lowest BCUT2D eigenvalue weighted by Gasteiger charge is -2.24. The molecular weight excluding hydrogens is 581 g/mol. The predicted octanol–water partition coefficient (Wildman–Crippen LogP) is 12.7. The van der Waals surface area contributed by atoms with Gasteiger partial charge in [0.2, 0.25) is 0 Å². The van der Waals surface area contributed by atoms with Gasteiger partial charge in [0.1, 0.15) is 8.07 Å². The fourth-order valence-corrected chi connectivity index (χ4v) is 8.72. The van der Waals surface area contributed by atoms with Crippen molar-refractivity contribution < 1.29 is 0 Å². The van der Waals surface area contributed by atoms with Crippen LogP contribution in [0.5, 0.6) is 0 Å². The van der Waals surface area contributed by atoms with Crippen LogP contribution in [0.3, 0.4) is 0 Å². The standard InChI is InChI=1S/C46H60Si/c1-5-7-9-11-13-15-17-39-19-23-41(24-20-39)27-29-43-31-35-45(36-32-43)47(3,4)46-37-33-44(34-38-46)30-28-42-25-21-40(22-26-42)18-16-14-12-10-8-6-2/h19-38H,5-18H2,1-4H3. The van der Waals surface area contributed by atoms with E-state index < -0.39 is 8.07 Å². The molecule has 0 fully saturated rings. The SMILES string of the molecule is CCCCCCCCc1ccc(C=Cc2ccc([Si](C)(C)c3ccc(C=Cc4ccc(CCCCCCCC)cc4)cc3)cc2)cc1. The number of aryl methyl sites for hydroxylation is 2. The summed E-state index contributed by atoms with van der Waals surface area (Å²) in [4.78, 5) is 0. The average Bonchev–Trinajstić information content (AvgIpc) is 3.11. The Kier molecular flexibility index (Phi) is 15.5. The number of rotatable bonds is 20. The highest BCUT2D eigenvalue weighted by atomic mass is 28.3. The van der Waals surface area contributed by atoms with Crippen LogP contribution < -0.4 is 10.4 Å². The lowest BCUT2D eigenvalue weighted by molar-refractivity contribution is 0.607. The number of hydrogen-bond acceptors (Lipinski definition) is 0. The van der Waals surface area contributed by atoms with Crippen LogP contribution in [-0.2, 0) is 12.8 Å². The third-order valence-electron chi connectivity index (χ3n) is 9.80. The van der Waals surface area contributed by atoms with E-state index in [2.05, 4.69) is 148 Å². The van der Waals surface area contributed by atoms with Gasteiger partial charge in [-0.25, -0.2) is 0 Å². The van der Waals surface area contributed by atoms with E-state index in [4.69, 9.17) is 0 Å². The van der Waals surface area contributed by atoms with Gasteiger partial charge in [0.05, 0.1) is 0 Å². The van der Waals surface area contributed by atoms with Crippen molar-refractivity contribution in [1.29, 1.82) is 0 Å². The van der Waals surface area contributed by atoms with Crippen molar-refractivity contribution in [2.45, 2.75) is 117 Å². The summed E-state index contributed by atoms with van der Waals surface area (Å²) in [5.41, 5.74) is 7.97. The smallest absolute Gasteiger partial charge is 0.0654 e. The molecule has 0 saturated carbocycles. The zero-order chi connectivity index (χ0) is 33.2. The van der Waals surface area contributed by atoms with Crippen LogP contribution in [0.15, 0.2) is 97.1 Å². The number of benzene rings is 4. The Morgan fingerprint density at radius 2 is 0.638 bits per heavy atom. The molecule has 0 bridgehead atoms. The normalized spacial score (nSPS) is 12.0. The lowest BCUT2D eigenvalue weighted by atomic mass is 10.0. The molecule has 0 amide bonds. The van der Waals surface area contributed by atoms with E-state index in [1.807, 2.05) is 0 Å². The Balaban J connectivity index is 1.25. The maximum absolute atomic E-state index is 2.46. The van der Waals surface area contributed by atoms with E-state index in [1.54, 1.807) is 0 Å². The summed E-state index contributed by atoms with van der Waals surface area (Å²) in [6.45, 7) is 9.48. The first-order valence-electron chi connectivity index (χ1n) is 18.7. The van der Waals surface area contributed by atoms with E-state index in [-0.39, 0.29) is 0 Å². The van der Waals surface area contributed by atoms with Gasteiger partial charge in [0.15, 0.2) is 0 Å². The molecule has 0 spiro atoms. The van der Waals surface area contributed by atoms with Crippen molar-refractivity contribution in [2.24, 2.45) is 0 Å². The van der Waals surface area contributed by atoms with Gasteiger partial charge in [-0.05, 0) is 59.1 Å². The van der Waals surface area contributed by atoms with Crippen LogP contribution in [0.25, 0.3) is 24.3 Å². The fraction of sp³-hybridized carbons (Fsp3) is 0.391. The van der Waals surface area contributed by atoms with Crippen molar-refractivity contribution in [3.05, 3.63) is 130 Å². The van der Waals surface area contributed by atoms with Gasteiger partial charge in [0.25, 0.3) is 0 Å². The van der Waals surface area contributed by atoms with Crippen LogP contribution in [-0.4, -0.2) is 8.07 Å². The lowest BCUT2D eigenvalue weighted by Crippen LogP contribution is -2.52. The molecule has 0 aliphatic carbocycles. The van der Waals surface area contributed by atoms with E-state index in [1.165, 1.54) is 134 Å². The van der Waals surface area contributed by atoms with Crippen molar-refractivity contribution >= 4 is 42.8 Å². The molecule has 4 aromatic carbocycles. The first kappa shape index (κ1) is 36.4. The number of hydrogen-bond donors (Lipinski definition) is 0. The third kappa shape index (κ3) is 12.6. The van der Waals surface area contributed by atoms with Crippen molar-refractivity contribution in [3.63, 3.8) is 0 Å². The number of unbranched alkanes of at least 4 members (excludes halogenated alkanes) is 10. The van der Waals surface area contributed by atoms with E-state index in [0.29, 0.717) is 0 Å². The predicted molar refractivity (Wildman–Crippen MR) is 215 cm³/mol. The molecule has 0 N–H and O–H groups in total. The summed E-state index contributed by atoms with van der Waals surface area (Å²) >= 11 is 0. The second-order valence-corrected chi connectivity index (χ2v) is 18.5. The van der Waals surface area contributed by atoms with Crippen LogP contribution in [0.2, 0.25) is 13.1 Å². The van der Waals surface area contributed by atoms with Crippen LogP contribution >= 0.6 is 0 Å². The summed E-state index contributed by atoms with van der Waals surface area (Å²) in [6.07, 6.45) is 27.6. The Labute approximate surface area is 289 Å². The monoisotopic (exact) mass is 640 g/mol. The second kappa shape index (κ2) is 20.1. The largest absolute Gasteiger partial charge is 0.112 e. The summed E-state index contributed by atoms with van der Waals surface area (Å²) in [7, 11) is -1.78. The van der Waals surface area contributed by atoms with Crippen LogP contribution in [0.4, 0.5) is 0 Å². The molecule has 0 saturated heterocycles. The molecule has 0 atom stereocenters. The molecule has 0 aromatic heterocycles. The molecule has 1 heteroatoms. The minimum atomic E-state index is -1.78. The average molecular weight is 641 g/mol. The summed E-state index contributed by atoms with van der Waals surface area (Å²) in [6, 6.07) is 36.8. The Morgan fingerprint density at radius 3 is 0.957 bits per heavy atom. The molecular formula is C46H60Si. The van der Waals surface area contributed by atoms with E-state index in [0.717, 1.165) is 0 Å². The molecule has 0 heterocycles. The topological polar surface area (TPSA) is 0 Å². The highest BCUT2D eigenvalue weighted by Gasteiger charge is 2.25. The van der Waals surface area contributed by atoms with Crippen molar-refractivity contribution in [3.8, 4) is 0 Å². The highest BCUT2D eigenvalue weighted by Crippen LogP contribution is 2.16. The Bertz CT molecular complexity index is 1350. The van der Waals surface area contributed by atoms with Gasteiger partial charge in [-0.15, -0.1) is 0 Å². The first-order valence-corrected chi connectivity index (χ1v) is 21.7. The molecule has 47 heavy (non-hydrogen) atoms. The summed E-state index contributed by atoms with van der Waals surface area (Å²) < 4.78 is 0. The molecule has 0 unspecified atom stereocenters. The molecule has 0 aliphatic rings. The minimum Gasteiger partial charge on any atom is -0.0654 e. The molecule has 0 aliphatic heterocycles. The van der Waals surface area contributed by atoms with Crippen LogP contribution in [0.1, 0.15) is 124 Å². The second-order valence-electron chi connectivity index (χ2n) is 14.1. The maximum Gasteiger partial charge on any atom is 0.112 e. The van der Waals surface area contributed by atoms with Gasteiger partial charge >= 0.3 is 0 Å². The zero-order valence-electron chi connectivity index (χ0n) is 29.9. The van der Waals surface area contributed by atoms with Crippen molar-refractivity contribution in [1.82, 2.24) is 0 Å². The minimum absolute atomic E-state index is 1.20. The van der Waals surface area contributed by atoms with Gasteiger partial charge in [-0.2, -0.15) is 0 Å². The van der Waals surface area contributed by atoms with Crippen LogP contribution in [0, 0.1) is 0 Å². The maximum atomic E-state index is 2.46. The third-order valence-corrected chi connectivity index (χ3v) is 13.4. The molecule has 0 radical (unpaired) electrons. The molecule has 4 aromatic rings. The van der Waals surface area contributed by atoms with E-state index >= 15 is 0 Å². The quantitative estimate of drug-likeness (QED) is 0.0512. The van der Waals surface area contributed by atoms with Gasteiger partial charge in [-0.3, -0.25) is 0 Å². The zero-order valence-corrected chi connectivity index (χ0v) is 30.9. The summed E-state index contributed by atoms with van der Waals surface area (Å²) in [5, 5.41) is 2.94. The molecule has 0 nitrogen and oxygen atoms in total. The van der Waals surface area contributed by atoms with Gasteiger partial charge in [-0.1, -0.05) is 223 Å². The Morgan fingerprint density at radius 1 is 0.362 bits per heavy atom. The summed E-state index contributed by atoms with van der Waals surface area (Å²) in [5.74, 6) is 0. The molecule has 4 rings (SSSR count). The van der Waals surface area contributed by atoms with E-state index in [9.17, 15) is 0 Å². The Hall–Kier alpha value is -3.42. The fourth-order valence-electron chi connectivity index (χ4n) is 6.38. The first-order chi connectivity index (χ1) is 23.0. The van der Waals surface area contributed by atoms with Gasteiger partial charge in [0, 0.05) is 0 Å². The van der Waals surface area contributed by atoms with Crippen molar-refractivity contribution in [2.75, 3.05) is 0 Å². The van der Waals surface area contributed by atoms with Gasteiger partial charge < -0.3 is 0 Å².